The van der Waals surface area contributed by atoms with Gasteiger partial charge in [0.1, 0.15) is 0 Å². The molecule has 1 aliphatic rings. The summed E-state index contributed by atoms with van der Waals surface area (Å²) >= 11 is 0. The molecule has 2 aromatic rings. The van der Waals surface area contributed by atoms with Gasteiger partial charge in [-0.25, -0.2) is 4.90 Å². The first-order valence-electron chi connectivity index (χ1n) is 6.10. The maximum Gasteiger partial charge on any atom is 0.268 e. The number of hydrogen-bond donors (Lipinski definition) is 0. The van der Waals surface area contributed by atoms with Crippen LogP contribution in [-0.4, -0.2) is 36.0 Å². The Hall–Kier alpha value is -2.96. The minimum Gasteiger partial charge on any atom is -0.481 e. The average Bonchev–Trinajstić information content (AvgIpc) is 2.78. The molecule has 2 amide bonds. The Morgan fingerprint density at radius 1 is 0.905 bits per heavy atom. The van der Waals surface area contributed by atoms with Crippen molar-refractivity contribution in [2.45, 2.75) is 0 Å². The number of carbonyl (C=O) groups excluding carboxylic acids is 2. The number of carbonyl (C=O) groups is 2. The first kappa shape index (κ1) is 13.0. The molecule has 7 heteroatoms. The lowest BCUT2D eigenvalue weighted by molar-refractivity contribution is 0.0923. The zero-order chi connectivity index (χ0) is 15.0. The average molecular weight is 285 g/mol. The zero-order valence-corrected chi connectivity index (χ0v) is 11.4. The van der Waals surface area contributed by atoms with Crippen LogP contribution < -0.4 is 14.4 Å². The summed E-state index contributed by atoms with van der Waals surface area (Å²) in [5.74, 6) is -0.601. The van der Waals surface area contributed by atoms with Crippen molar-refractivity contribution in [1.82, 2.24) is 9.97 Å². The topological polar surface area (TPSA) is 81.6 Å². The second-order valence-electron chi connectivity index (χ2n) is 4.24. The van der Waals surface area contributed by atoms with Gasteiger partial charge in [0.05, 0.1) is 31.4 Å². The van der Waals surface area contributed by atoms with Crippen LogP contribution in [0.5, 0.6) is 11.8 Å². The van der Waals surface area contributed by atoms with Gasteiger partial charge < -0.3 is 9.47 Å². The number of benzene rings is 1. The van der Waals surface area contributed by atoms with Crippen LogP contribution in [0.25, 0.3) is 0 Å². The molecule has 0 N–H and O–H groups in total. The van der Waals surface area contributed by atoms with Crippen molar-refractivity contribution in [1.29, 1.82) is 0 Å². The zero-order valence-electron chi connectivity index (χ0n) is 11.4. The van der Waals surface area contributed by atoms with Gasteiger partial charge in [0, 0.05) is 0 Å². The van der Waals surface area contributed by atoms with Crippen molar-refractivity contribution in [3.8, 4) is 11.8 Å². The third-order valence-electron chi connectivity index (χ3n) is 3.08. The molecular weight excluding hydrogens is 274 g/mol. The molecule has 0 fully saturated rings. The van der Waals surface area contributed by atoms with E-state index < -0.39 is 11.8 Å². The lowest BCUT2D eigenvalue weighted by Gasteiger charge is -2.13. The number of imide groups is 1. The Kier molecular flexibility index (Phi) is 3.02. The first-order valence-corrected chi connectivity index (χ1v) is 6.10. The molecule has 3 rings (SSSR count). The maximum atomic E-state index is 12.4. The summed E-state index contributed by atoms with van der Waals surface area (Å²) in [6.07, 6.45) is 0. The highest BCUT2D eigenvalue weighted by molar-refractivity contribution is 6.33. The summed E-state index contributed by atoms with van der Waals surface area (Å²) in [6.45, 7) is 0. The molecule has 7 nitrogen and oxygen atoms in total. The van der Waals surface area contributed by atoms with Crippen LogP contribution in [0.1, 0.15) is 20.7 Å². The predicted molar refractivity (Wildman–Crippen MR) is 72.7 cm³/mol. The summed E-state index contributed by atoms with van der Waals surface area (Å²) < 4.78 is 10.0. The molecule has 1 aromatic carbocycles. The van der Waals surface area contributed by atoms with E-state index in [9.17, 15) is 9.59 Å². The number of aromatic nitrogens is 2. The normalized spacial score (nSPS) is 13.3. The highest BCUT2D eigenvalue weighted by Crippen LogP contribution is 2.28. The Labute approximate surface area is 120 Å². The van der Waals surface area contributed by atoms with E-state index in [1.807, 2.05) is 0 Å². The van der Waals surface area contributed by atoms with Crippen LogP contribution in [0.2, 0.25) is 0 Å². The minimum absolute atomic E-state index is 0.0719. The molecule has 1 aliphatic heterocycles. The smallest absolute Gasteiger partial charge is 0.268 e. The number of hydrogen-bond acceptors (Lipinski definition) is 6. The Balaban J connectivity index is 2.10. The molecule has 1 aromatic heterocycles. The number of fused-ring (bicyclic) bond motifs is 1. The van der Waals surface area contributed by atoms with Gasteiger partial charge in [0.25, 0.3) is 11.8 Å². The van der Waals surface area contributed by atoms with Crippen LogP contribution >= 0.6 is 0 Å². The highest BCUT2D eigenvalue weighted by atomic mass is 16.5. The van der Waals surface area contributed by atoms with E-state index in [2.05, 4.69) is 9.97 Å². The number of anilines is 1. The molecule has 106 valence electrons. The third-order valence-corrected chi connectivity index (χ3v) is 3.08. The van der Waals surface area contributed by atoms with E-state index in [0.717, 1.165) is 4.90 Å². The lowest BCUT2D eigenvalue weighted by atomic mass is 10.1. The summed E-state index contributed by atoms with van der Waals surface area (Å²) in [7, 11) is 2.85. The van der Waals surface area contributed by atoms with Crippen LogP contribution in [0.3, 0.4) is 0 Å². The highest BCUT2D eigenvalue weighted by Gasteiger charge is 2.38. The largest absolute Gasteiger partial charge is 0.481 e. The van der Waals surface area contributed by atoms with E-state index in [4.69, 9.17) is 9.47 Å². The number of amides is 2. The van der Waals surface area contributed by atoms with Crippen LogP contribution in [0, 0.1) is 0 Å². The van der Waals surface area contributed by atoms with Gasteiger partial charge in [-0.15, -0.1) is 0 Å². The maximum absolute atomic E-state index is 12.4. The van der Waals surface area contributed by atoms with Crippen LogP contribution in [0.4, 0.5) is 5.95 Å². The minimum atomic E-state index is -0.467. The summed E-state index contributed by atoms with van der Waals surface area (Å²) in [5, 5.41) is 0. The van der Waals surface area contributed by atoms with Crippen molar-refractivity contribution in [2.24, 2.45) is 0 Å². The monoisotopic (exact) mass is 285 g/mol. The molecule has 0 atom stereocenters. The predicted octanol–water partition coefficient (Wildman–Crippen LogP) is 1.29. The van der Waals surface area contributed by atoms with E-state index in [1.165, 1.54) is 20.3 Å². The fraction of sp³-hybridized carbons (Fsp3) is 0.143. The third kappa shape index (κ3) is 1.99. The Morgan fingerprint density at radius 3 is 1.81 bits per heavy atom. The molecule has 2 heterocycles. The van der Waals surface area contributed by atoms with E-state index in [0.29, 0.717) is 11.1 Å². The Bertz CT molecular complexity index is 687. The molecule has 0 saturated carbocycles. The molecule has 0 unspecified atom stereocenters. The second kappa shape index (κ2) is 4.86. The van der Waals surface area contributed by atoms with Crippen molar-refractivity contribution >= 4 is 17.8 Å². The van der Waals surface area contributed by atoms with Crippen molar-refractivity contribution in [2.75, 3.05) is 19.1 Å². The van der Waals surface area contributed by atoms with E-state index in [-0.39, 0.29) is 17.7 Å². The quantitative estimate of drug-likeness (QED) is 0.790. The van der Waals surface area contributed by atoms with Gasteiger partial charge in [-0.3, -0.25) is 9.59 Å². The molecule has 0 bridgehead atoms. The van der Waals surface area contributed by atoms with Gasteiger partial charge >= 0.3 is 0 Å². The number of methoxy groups -OCH3 is 2. The fourth-order valence-corrected chi connectivity index (χ4v) is 2.07. The molecular formula is C14H11N3O4. The van der Waals surface area contributed by atoms with Crippen molar-refractivity contribution < 1.29 is 19.1 Å². The number of ether oxygens (including phenoxy) is 2. The number of nitrogens with zero attached hydrogens (tertiary/aromatic N) is 3. The second-order valence-corrected chi connectivity index (χ2v) is 4.24. The standard InChI is InChI=1S/C14H11N3O4/c1-20-10-7-11(21-2)16-14(15-10)17-12(18)8-5-3-4-6-9(8)13(17)19/h3-7H,1-2H3. The van der Waals surface area contributed by atoms with Gasteiger partial charge in [-0.05, 0) is 12.1 Å². The molecule has 21 heavy (non-hydrogen) atoms. The van der Waals surface area contributed by atoms with Gasteiger partial charge in [-0.2, -0.15) is 9.97 Å². The molecule has 0 aliphatic carbocycles. The summed E-state index contributed by atoms with van der Waals surface area (Å²) in [4.78, 5) is 33.7. The summed E-state index contributed by atoms with van der Waals surface area (Å²) in [5.41, 5.74) is 0.653. The SMILES string of the molecule is COc1cc(OC)nc(N2C(=O)c3ccccc3C2=O)n1. The Morgan fingerprint density at radius 2 is 1.38 bits per heavy atom. The lowest BCUT2D eigenvalue weighted by Crippen LogP contribution is -2.31. The fourth-order valence-electron chi connectivity index (χ4n) is 2.07. The van der Waals surface area contributed by atoms with Gasteiger partial charge in [0.2, 0.25) is 17.7 Å². The molecule has 0 spiro atoms. The van der Waals surface area contributed by atoms with Crippen LogP contribution in [0.15, 0.2) is 30.3 Å². The van der Waals surface area contributed by atoms with Crippen molar-refractivity contribution in [3.63, 3.8) is 0 Å². The van der Waals surface area contributed by atoms with E-state index >= 15 is 0 Å². The van der Waals surface area contributed by atoms with Crippen molar-refractivity contribution in [3.05, 3.63) is 41.5 Å². The van der Waals surface area contributed by atoms with E-state index in [1.54, 1.807) is 24.3 Å². The first-order chi connectivity index (χ1) is 10.2. The summed E-state index contributed by atoms with van der Waals surface area (Å²) in [6, 6.07) is 8.03. The molecule has 0 radical (unpaired) electrons. The molecule has 0 saturated heterocycles. The van der Waals surface area contributed by atoms with Crippen LogP contribution in [-0.2, 0) is 0 Å². The van der Waals surface area contributed by atoms with Gasteiger partial charge in [0.15, 0.2) is 0 Å². The number of rotatable bonds is 3. The van der Waals surface area contributed by atoms with Gasteiger partial charge in [-0.1, -0.05) is 12.1 Å².